The van der Waals surface area contributed by atoms with E-state index < -0.39 is 15.6 Å². The molecule has 120 valence electrons. The maximum absolute atomic E-state index is 11.3. The minimum atomic E-state index is -3.25. The Balaban J connectivity index is 2.80. The molecule has 0 spiro atoms. The van der Waals surface area contributed by atoms with E-state index in [1.54, 1.807) is 0 Å². The van der Waals surface area contributed by atoms with Gasteiger partial charge < -0.3 is 10.6 Å². The molecule has 21 heavy (non-hydrogen) atoms. The highest BCUT2D eigenvalue weighted by Gasteiger charge is 2.22. The zero-order chi connectivity index (χ0) is 16.1. The Kier molecular flexibility index (Phi) is 5.91. The number of aryl methyl sites for hydroxylation is 1. The predicted octanol–water partition coefficient (Wildman–Crippen LogP) is 1.21. The van der Waals surface area contributed by atoms with Gasteiger partial charge in [0.2, 0.25) is 10.0 Å². The molecule has 0 bridgehead atoms. The molecule has 0 aliphatic carbocycles. The number of anilines is 2. The van der Waals surface area contributed by atoms with E-state index in [1.807, 2.05) is 33.8 Å². The number of hydrogen-bond donors (Lipinski definition) is 3. The topological polar surface area (TPSA) is 96.0 Å². The highest BCUT2D eigenvalue weighted by Crippen LogP contribution is 2.13. The van der Waals surface area contributed by atoms with Gasteiger partial charge in [-0.1, -0.05) is 6.92 Å². The lowest BCUT2D eigenvalue weighted by atomic mass is 10.1. The predicted molar refractivity (Wildman–Crippen MR) is 86.1 cm³/mol. The fraction of sp³-hybridized carbons (Fsp3) is 0.692. The molecule has 0 amide bonds. The number of rotatable bonds is 8. The molecule has 0 fully saturated rings. The van der Waals surface area contributed by atoms with Gasteiger partial charge in [-0.3, -0.25) is 0 Å². The van der Waals surface area contributed by atoms with Crippen molar-refractivity contribution in [1.82, 2.24) is 14.7 Å². The zero-order valence-electron chi connectivity index (χ0n) is 13.3. The maximum atomic E-state index is 11.3. The van der Waals surface area contributed by atoms with Gasteiger partial charge >= 0.3 is 0 Å². The van der Waals surface area contributed by atoms with Gasteiger partial charge in [0.15, 0.2) is 0 Å². The van der Waals surface area contributed by atoms with Crippen molar-refractivity contribution in [2.45, 2.75) is 39.7 Å². The van der Waals surface area contributed by atoms with Crippen molar-refractivity contribution in [3.63, 3.8) is 0 Å². The van der Waals surface area contributed by atoms with Gasteiger partial charge in [-0.2, -0.15) is 0 Å². The van der Waals surface area contributed by atoms with Crippen molar-refractivity contribution in [3.8, 4) is 0 Å². The van der Waals surface area contributed by atoms with Crippen molar-refractivity contribution in [2.24, 2.45) is 0 Å². The molecule has 1 aromatic heterocycles. The fourth-order valence-corrected chi connectivity index (χ4v) is 2.94. The summed E-state index contributed by atoms with van der Waals surface area (Å²) in [6, 6.07) is 1.82. The molecular weight excluding hydrogens is 290 g/mol. The third kappa shape index (κ3) is 6.72. The van der Waals surface area contributed by atoms with Crippen molar-refractivity contribution < 1.29 is 8.42 Å². The van der Waals surface area contributed by atoms with E-state index in [2.05, 4.69) is 25.3 Å². The highest BCUT2D eigenvalue weighted by molar-refractivity contribution is 7.88. The van der Waals surface area contributed by atoms with Crippen LogP contribution in [-0.4, -0.2) is 43.3 Å². The Bertz CT molecular complexity index is 572. The van der Waals surface area contributed by atoms with Crippen LogP contribution in [0.3, 0.4) is 0 Å². The second-order valence-electron chi connectivity index (χ2n) is 5.55. The molecule has 1 heterocycles. The first-order valence-electron chi connectivity index (χ1n) is 7.00. The van der Waals surface area contributed by atoms with Crippen LogP contribution in [0.2, 0.25) is 0 Å². The average Bonchev–Trinajstić information content (AvgIpc) is 2.34. The van der Waals surface area contributed by atoms with E-state index in [1.165, 1.54) is 0 Å². The lowest BCUT2D eigenvalue weighted by Gasteiger charge is -2.25. The SMILES string of the molecule is CCNc1cc(NCC(C)(C)NS(C)(=O)=O)nc(CC)n1. The summed E-state index contributed by atoms with van der Waals surface area (Å²) in [5.74, 6) is 2.19. The van der Waals surface area contributed by atoms with Gasteiger partial charge in [-0.05, 0) is 20.8 Å². The largest absolute Gasteiger partial charge is 0.370 e. The molecule has 0 saturated heterocycles. The number of aromatic nitrogens is 2. The van der Waals surface area contributed by atoms with E-state index in [4.69, 9.17) is 0 Å². The number of sulfonamides is 1. The van der Waals surface area contributed by atoms with E-state index in [9.17, 15) is 8.42 Å². The summed E-state index contributed by atoms with van der Waals surface area (Å²) in [6.07, 6.45) is 1.89. The van der Waals surface area contributed by atoms with Crippen LogP contribution in [0, 0.1) is 0 Å². The minimum Gasteiger partial charge on any atom is -0.370 e. The third-order valence-corrected chi connectivity index (χ3v) is 3.54. The molecule has 0 aliphatic heterocycles. The Morgan fingerprint density at radius 2 is 1.71 bits per heavy atom. The van der Waals surface area contributed by atoms with Crippen molar-refractivity contribution in [3.05, 3.63) is 11.9 Å². The van der Waals surface area contributed by atoms with Crippen LogP contribution in [0.15, 0.2) is 6.07 Å². The highest BCUT2D eigenvalue weighted by atomic mass is 32.2. The van der Waals surface area contributed by atoms with Gasteiger partial charge in [0.1, 0.15) is 17.5 Å². The molecule has 1 rings (SSSR count). The van der Waals surface area contributed by atoms with Crippen LogP contribution in [0.1, 0.15) is 33.5 Å². The first-order valence-corrected chi connectivity index (χ1v) is 8.89. The van der Waals surface area contributed by atoms with Crippen molar-refractivity contribution in [1.29, 1.82) is 0 Å². The normalized spacial score (nSPS) is 12.2. The zero-order valence-corrected chi connectivity index (χ0v) is 14.1. The summed E-state index contributed by atoms with van der Waals surface area (Å²) in [4.78, 5) is 8.77. The lowest BCUT2D eigenvalue weighted by Crippen LogP contribution is -2.47. The molecule has 0 unspecified atom stereocenters. The van der Waals surface area contributed by atoms with E-state index in [-0.39, 0.29) is 0 Å². The van der Waals surface area contributed by atoms with Crippen LogP contribution in [0.5, 0.6) is 0 Å². The molecule has 3 N–H and O–H groups in total. The number of nitrogens with zero attached hydrogens (tertiary/aromatic N) is 2. The quantitative estimate of drug-likeness (QED) is 0.667. The van der Waals surface area contributed by atoms with Crippen molar-refractivity contribution in [2.75, 3.05) is 30.0 Å². The Morgan fingerprint density at radius 1 is 1.14 bits per heavy atom. The molecule has 7 nitrogen and oxygen atoms in total. The summed E-state index contributed by atoms with van der Waals surface area (Å²) < 4.78 is 25.2. The van der Waals surface area contributed by atoms with Crippen LogP contribution in [0.4, 0.5) is 11.6 Å². The van der Waals surface area contributed by atoms with E-state index >= 15 is 0 Å². The Labute approximate surface area is 127 Å². The molecule has 0 radical (unpaired) electrons. The van der Waals surface area contributed by atoms with Crippen LogP contribution in [-0.2, 0) is 16.4 Å². The Hall–Kier alpha value is -1.41. The van der Waals surface area contributed by atoms with Gasteiger partial charge in [0, 0.05) is 31.1 Å². The first-order chi connectivity index (χ1) is 9.65. The second kappa shape index (κ2) is 7.04. The lowest BCUT2D eigenvalue weighted by molar-refractivity contribution is 0.476. The fourth-order valence-electron chi connectivity index (χ4n) is 1.87. The molecule has 0 atom stereocenters. The van der Waals surface area contributed by atoms with Gasteiger partial charge in [0.05, 0.1) is 6.26 Å². The summed E-state index contributed by atoms with van der Waals surface area (Å²) >= 11 is 0. The van der Waals surface area contributed by atoms with Crippen LogP contribution < -0.4 is 15.4 Å². The average molecular weight is 315 g/mol. The van der Waals surface area contributed by atoms with Crippen molar-refractivity contribution >= 4 is 21.7 Å². The van der Waals surface area contributed by atoms with Crippen LogP contribution >= 0.6 is 0 Å². The Morgan fingerprint density at radius 3 is 2.19 bits per heavy atom. The summed E-state index contributed by atoms with van der Waals surface area (Å²) in [6.45, 7) is 8.82. The van der Waals surface area contributed by atoms with Gasteiger partial charge in [0.25, 0.3) is 0 Å². The van der Waals surface area contributed by atoms with E-state index in [0.29, 0.717) is 12.4 Å². The molecule has 1 aromatic rings. The molecule has 0 aliphatic rings. The second-order valence-corrected chi connectivity index (χ2v) is 7.30. The smallest absolute Gasteiger partial charge is 0.209 e. The maximum Gasteiger partial charge on any atom is 0.209 e. The number of hydrogen-bond acceptors (Lipinski definition) is 6. The summed E-state index contributed by atoms with van der Waals surface area (Å²) in [5, 5.41) is 6.32. The molecule has 8 heteroatoms. The number of nitrogens with one attached hydrogen (secondary N) is 3. The minimum absolute atomic E-state index is 0.422. The van der Waals surface area contributed by atoms with Gasteiger partial charge in [-0.15, -0.1) is 0 Å². The van der Waals surface area contributed by atoms with Gasteiger partial charge in [-0.25, -0.2) is 23.1 Å². The third-order valence-electron chi connectivity index (χ3n) is 2.62. The molecule has 0 aromatic carbocycles. The van der Waals surface area contributed by atoms with Crippen LogP contribution in [0.25, 0.3) is 0 Å². The monoisotopic (exact) mass is 315 g/mol. The van der Waals surface area contributed by atoms with E-state index in [0.717, 1.165) is 30.9 Å². The summed E-state index contributed by atoms with van der Waals surface area (Å²) in [7, 11) is -3.25. The molecule has 0 saturated carbocycles. The standard InChI is InChI=1S/C13H25N5O2S/c1-6-10-16-11(14-7-2)8-12(17-10)15-9-13(3,4)18-21(5,19)20/h8,18H,6-7,9H2,1-5H3,(H2,14,15,16,17). The first kappa shape index (κ1) is 17.6. The molecular formula is C13H25N5O2S. The summed E-state index contributed by atoms with van der Waals surface area (Å²) in [5.41, 5.74) is -0.608.